The number of carboxylic acids is 1. The minimum atomic E-state index is -0.869. The molecule has 0 aliphatic rings. The predicted molar refractivity (Wildman–Crippen MR) is 50.3 cm³/mol. The van der Waals surface area contributed by atoms with Crippen molar-refractivity contribution in [3.63, 3.8) is 0 Å². The van der Waals surface area contributed by atoms with E-state index < -0.39 is 12.0 Å². The number of carboxylic acid groups (broad SMARTS) is 1. The van der Waals surface area contributed by atoms with Gasteiger partial charge in [-0.3, -0.25) is 9.63 Å². The summed E-state index contributed by atoms with van der Waals surface area (Å²) in [6.07, 6.45) is 1.39. The molecule has 0 bridgehead atoms. The quantitative estimate of drug-likeness (QED) is 0.644. The van der Waals surface area contributed by atoms with Crippen LogP contribution in [0.1, 0.15) is 40.5 Å². The summed E-state index contributed by atoms with van der Waals surface area (Å²) in [5, 5.41) is 8.76. The molecule has 0 rings (SSSR count). The molecule has 0 aliphatic carbocycles. The molecule has 0 heterocycles. The molecule has 0 aliphatic heterocycles. The molecule has 0 aromatic rings. The van der Waals surface area contributed by atoms with Crippen molar-refractivity contribution in [1.82, 2.24) is 5.48 Å². The van der Waals surface area contributed by atoms with Crippen molar-refractivity contribution in [2.75, 3.05) is 0 Å². The fraction of sp³-hybridized carbons (Fsp3) is 0.889. The van der Waals surface area contributed by atoms with Gasteiger partial charge in [-0.25, -0.2) is 0 Å². The van der Waals surface area contributed by atoms with E-state index in [-0.39, 0.29) is 5.60 Å². The molecule has 0 aromatic heterocycles. The van der Waals surface area contributed by atoms with Gasteiger partial charge in [0.25, 0.3) is 0 Å². The Bertz CT molecular complexity index is 163. The molecular formula is C9H19NO3. The van der Waals surface area contributed by atoms with E-state index >= 15 is 0 Å². The summed E-state index contributed by atoms with van der Waals surface area (Å²) in [4.78, 5) is 15.8. The third-order valence-corrected chi connectivity index (χ3v) is 1.38. The SMILES string of the molecule is CCCC(NOC(C)(C)C)C(=O)O. The minimum Gasteiger partial charge on any atom is -0.480 e. The second kappa shape index (κ2) is 5.19. The number of carbonyl (C=O) groups is 1. The van der Waals surface area contributed by atoms with Crippen molar-refractivity contribution in [1.29, 1.82) is 0 Å². The molecule has 0 fully saturated rings. The molecule has 13 heavy (non-hydrogen) atoms. The van der Waals surface area contributed by atoms with E-state index in [4.69, 9.17) is 9.94 Å². The summed E-state index contributed by atoms with van der Waals surface area (Å²) in [7, 11) is 0. The lowest BCUT2D eigenvalue weighted by Gasteiger charge is -2.22. The van der Waals surface area contributed by atoms with Gasteiger partial charge in [0.05, 0.1) is 5.60 Å². The lowest BCUT2D eigenvalue weighted by atomic mass is 10.2. The molecule has 1 unspecified atom stereocenters. The van der Waals surface area contributed by atoms with Gasteiger partial charge < -0.3 is 5.11 Å². The molecule has 78 valence electrons. The fourth-order valence-corrected chi connectivity index (χ4v) is 0.769. The molecule has 0 saturated carbocycles. The number of rotatable bonds is 5. The van der Waals surface area contributed by atoms with E-state index in [2.05, 4.69) is 5.48 Å². The number of aliphatic carboxylic acids is 1. The Labute approximate surface area is 79.2 Å². The zero-order chi connectivity index (χ0) is 10.5. The van der Waals surface area contributed by atoms with Gasteiger partial charge in [0.2, 0.25) is 0 Å². The number of nitrogens with one attached hydrogen (secondary N) is 1. The molecule has 0 aromatic carbocycles. The maximum Gasteiger partial charge on any atom is 0.323 e. The third-order valence-electron chi connectivity index (χ3n) is 1.38. The standard InChI is InChI=1S/C9H19NO3/c1-5-6-7(8(11)12)10-13-9(2,3)4/h7,10H,5-6H2,1-4H3,(H,11,12). The Morgan fingerprint density at radius 2 is 2.08 bits per heavy atom. The van der Waals surface area contributed by atoms with Crippen molar-refractivity contribution in [3.8, 4) is 0 Å². The van der Waals surface area contributed by atoms with Crippen LogP contribution in [0.2, 0.25) is 0 Å². The second-order valence-corrected chi connectivity index (χ2v) is 4.01. The van der Waals surface area contributed by atoms with Gasteiger partial charge in [0.15, 0.2) is 0 Å². The van der Waals surface area contributed by atoms with Crippen molar-refractivity contribution >= 4 is 5.97 Å². The third kappa shape index (κ3) is 6.54. The average Bonchev–Trinajstić information content (AvgIpc) is 1.95. The van der Waals surface area contributed by atoms with Gasteiger partial charge in [-0.1, -0.05) is 13.3 Å². The number of hydroxylamine groups is 1. The molecular weight excluding hydrogens is 170 g/mol. The number of hydrogen-bond acceptors (Lipinski definition) is 3. The highest BCUT2D eigenvalue weighted by Gasteiger charge is 2.19. The van der Waals surface area contributed by atoms with Crippen LogP contribution < -0.4 is 5.48 Å². The average molecular weight is 189 g/mol. The van der Waals surface area contributed by atoms with E-state index in [0.29, 0.717) is 6.42 Å². The lowest BCUT2D eigenvalue weighted by molar-refractivity contribution is -0.150. The van der Waals surface area contributed by atoms with Crippen LogP contribution in [0.4, 0.5) is 0 Å². The molecule has 0 spiro atoms. The van der Waals surface area contributed by atoms with Crippen LogP contribution in [0.3, 0.4) is 0 Å². The molecule has 4 heteroatoms. The Kier molecular flexibility index (Phi) is 4.95. The van der Waals surface area contributed by atoms with Crippen LogP contribution in [0, 0.1) is 0 Å². The Morgan fingerprint density at radius 1 is 1.54 bits per heavy atom. The number of hydrogen-bond donors (Lipinski definition) is 2. The van der Waals surface area contributed by atoms with E-state index in [1.54, 1.807) is 0 Å². The first kappa shape index (κ1) is 12.4. The summed E-state index contributed by atoms with van der Waals surface area (Å²) < 4.78 is 0. The molecule has 0 amide bonds. The smallest absolute Gasteiger partial charge is 0.323 e. The highest BCUT2D eigenvalue weighted by atomic mass is 16.7. The van der Waals surface area contributed by atoms with Crippen LogP contribution in [0.25, 0.3) is 0 Å². The van der Waals surface area contributed by atoms with E-state index in [1.807, 2.05) is 27.7 Å². The predicted octanol–water partition coefficient (Wildman–Crippen LogP) is 1.56. The van der Waals surface area contributed by atoms with Crippen molar-refractivity contribution < 1.29 is 14.7 Å². The van der Waals surface area contributed by atoms with Gasteiger partial charge in [0, 0.05) is 0 Å². The van der Waals surface area contributed by atoms with Crippen LogP contribution in [-0.2, 0) is 9.63 Å². The largest absolute Gasteiger partial charge is 0.480 e. The van der Waals surface area contributed by atoms with Crippen molar-refractivity contribution in [2.24, 2.45) is 0 Å². The minimum absolute atomic E-state index is 0.360. The molecule has 4 nitrogen and oxygen atoms in total. The lowest BCUT2D eigenvalue weighted by Crippen LogP contribution is -2.41. The first-order valence-corrected chi connectivity index (χ1v) is 4.53. The van der Waals surface area contributed by atoms with Crippen molar-refractivity contribution in [3.05, 3.63) is 0 Å². The van der Waals surface area contributed by atoms with E-state index in [9.17, 15) is 4.79 Å². The van der Waals surface area contributed by atoms with Gasteiger partial charge >= 0.3 is 5.97 Å². The summed E-state index contributed by atoms with van der Waals surface area (Å²) in [5.41, 5.74) is 2.20. The molecule has 2 N–H and O–H groups in total. The Morgan fingerprint density at radius 3 is 2.38 bits per heavy atom. The van der Waals surface area contributed by atoms with Crippen LogP contribution in [0.15, 0.2) is 0 Å². The monoisotopic (exact) mass is 189 g/mol. The first-order valence-electron chi connectivity index (χ1n) is 4.53. The van der Waals surface area contributed by atoms with Gasteiger partial charge in [-0.05, 0) is 27.2 Å². The summed E-state index contributed by atoms with van der Waals surface area (Å²) in [6, 6.07) is -0.607. The molecule has 0 saturated heterocycles. The zero-order valence-corrected chi connectivity index (χ0v) is 8.76. The zero-order valence-electron chi connectivity index (χ0n) is 8.76. The maximum atomic E-state index is 10.7. The fourth-order valence-electron chi connectivity index (χ4n) is 0.769. The Balaban J connectivity index is 3.90. The summed E-state index contributed by atoms with van der Waals surface area (Å²) in [5.74, 6) is -0.869. The van der Waals surface area contributed by atoms with E-state index in [0.717, 1.165) is 6.42 Å². The molecule has 1 atom stereocenters. The van der Waals surface area contributed by atoms with E-state index in [1.165, 1.54) is 0 Å². The normalized spacial score (nSPS) is 14.2. The maximum absolute atomic E-state index is 10.7. The van der Waals surface area contributed by atoms with Gasteiger partial charge in [-0.15, -0.1) is 0 Å². The summed E-state index contributed by atoms with van der Waals surface area (Å²) in [6.45, 7) is 7.54. The van der Waals surface area contributed by atoms with Gasteiger partial charge in [-0.2, -0.15) is 5.48 Å². The van der Waals surface area contributed by atoms with Crippen LogP contribution >= 0.6 is 0 Å². The molecule has 0 radical (unpaired) electrons. The van der Waals surface area contributed by atoms with Crippen LogP contribution in [-0.4, -0.2) is 22.7 Å². The van der Waals surface area contributed by atoms with Crippen molar-refractivity contribution in [2.45, 2.75) is 52.2 Å². The summed E-state index contributed by atoms with van der Waals surface area (Å²) >= 11 is 0. The second-order valence-electron chi connectivity index (χ2n) is 4.01. The highest BCUT2D eigenvalue weighted by Crippen LogP contribution is 2.06. The highest BCUT2D eigenvalue weighted by molar-refractivity contribution is 5.73. The van der Waals surface area contributed by atoms with Crippen LogP contribution in [0.5, 0.6) is 0 Å². The van der Waals surface area contributed by atoms with Gasteiger partial charge in [0.1, 0.15) is 6.04 Å². The first-order chi connectivity index (χ1) is 5.87. The topological polar surface area (TPSA) is 58.6 Å². The Hall–Kier alpha value is -0.610.